The number of benzene rings is 2. The number of amides is 2. The SMILES string of the molecule is CSCC[C@@H](NC(=O)OCC1c2ccccc2-c2ccccc21)C(=O)NCc1cc(C(=O)O)no1. The van der Waals surface area contributed by atoms with Gasteiger partial charge in [-0.05, 0) is 40.7 Å². The highest BCUT2D eigenvalue weighted by Crippen LogP contribution is 2.44. The van der Waals surface area contributed by atoms with Gasteiger partial charge in [-0.1, -0.05) is 53.7 Å². The standard InChI is InChI=1S/C25H25N3O6S/c1-35-11-10-21(23(29)26-13-15-12-22(24(30)31)28-34-15)27-25(32)33-14-20-18-8-4-2-6-16(18)17-7-3-5-9-19(17)20/h2-9,12,20-21H,10-11,13-14H2,1H3,(H,26,29)(H,27,32)(H,30,31)/t21-/m1/s1. The number of hydrogen-bond acceptors (Lipinski definition) is 7. The third kappa shape index (κ3) is 5.65. The molecule has 0 radical (unpaired) electrons. The van der Waals surface area contributed by atoms with E-state index in [0.717, 1.165) is 22.3 Å². The van der Waals surface area contributed by atoms with Crippen LogP contribution in [0.5, 0.6) is 0 Å². The third-order valence-corrected chi connectivity index (χ3v) is 6.42. The summed E-state index contributed by atoms with van der Waals surface area (Å²) in [6.45, 7) is 0.0913. The summed E-state index contributed by atoms with van der Waals surface area (Å²) in [5, 5.41) is 17.6. The van der Waals surface area contributed by atoms with E-state index in [2.05, 4.69) is 27.9 Å². The molecule has 0 saturated heterocycles. The van der Waals surface area contributed by atoms with Gasteiger partial charge < -0.3 is 25.0 Å². The Bertz CT molecular complexity index is 1180. The number of fused-ring (bicyclic) bond motifs is 3. The molecule has 0 aliphatic heterocycles. The first-order chi connectivity index (χ1) is 17.0. The van der Waals surface area contributed by atoms with Gasteiger partial charge in [0.25, 0.3) is 0 Å². The van der Waals surface area contributed by atoms with Crippen molar-refractivity contribution in [3.63, 3.8) is 0 Å². The second kappa shape index (κ2) is 11.1. The highest BCUT2D eigenvalue weighted by Gasteiger charge is 2.29. The fourth-order valence-corrected chi connectivity index (χ4v) is 4.55. The van der Waals surface area contributed by atoms with E-state index in [1.54, 1.807) is 11.8 Å². The van der Waals surface area contributed by atoms with E-state index in [1.165, 1.54) is 6.07 Å². The Morgan fingerprint density at radius 2 is 1.77 bits per heavy atom. The molecular weight excluding hydrogens is 470 g/mol. The Labute approximate surface area is 206 Å². The highest BCUT2D eigenvalue weighted by atomic mass is 32.2. The lowest BCUT2D eigenvalue weighted by Crippen LogP contribution is -2.47. The molecule has 0 fully saturated rings. The summed E-state index contributed by atoms with van der Waals surface area (Å²) in [4.78, 5) is 36.3. The summed E-state index contributed by atoms with van der Waals surface area (Å²) in [5.41, 5.74) is 4.22. The summed E-state index contributed by atoms with van der Waals surface area (Å²) in [5.74, 6) is -0.892. The lowest BCUT2D eigenvalue weighted by atomic mass is 9.98. The molecule has 1 aliphatic rings. The Hall–Kier alpha value is -3.79. The minimum atomic E-state index is -1.22. The molecule has 9 nitrogen and oxygen atoms in total. The van der Waals surface area contributed by atoms with Gasteiger partial charge in [0, 0.05) is 12.0 Å². The molecule has 1 heterocycles. The number of hydrogen-bond donors (Lipinski definition) is 3. The number of carboxylic acid groups (broad SMARTS) is 1. The Morgan fingerprint density at radius 3 is 2.37 bits per heavy atom. The van der Waals surface area contributed by atoms with Crippen LogP contribution in [-0.2, 0) is 16.1 Å². The summed E-state index contributed by atoms with van der Waals surface area (Å²) >= 11 is 1.55. The van der Waals surface area contributed by atoms with E-state index in [9.17, 15) is 14.4 Å². The van der Waals surface area contributed by atoms with E-state index in [-0.39, 0.29) is 30.5 Å². The van der Waals surface area contributed by atoms with Crippen LogP contribution in [0.1, 0.15) is 39.7 Å². The van der Waals surface area contributed by atoms with Crippen molar-refractivity contribution in [2.75, 3.05) is 18.6 Å². The lowest BCUT2D eigenvalue weighted by Gasteiger charge is -2.19. The van der Waals surface area contributed by atoms with E-state index < -0.39 is 24.0 Å². The van der Waals surface area contributed by atoms with Crippen molar-refractivity contribution < 1.29 is 28.8 Å². The van der Waals surface area contributed by atoms with Crippen molar-refractivity contribution in [2.45, 2.75) is 24.9 Å². The van der Waals surface area contributed by atoms with Crippen LogP contribution in [0.25, 0.3) is 11.1 Å². The molecule has 2 aromatic carbocycles. The summed E-state index contributed by atoms with van der Waals surface area (Å²) in [6, 6.07) is 16.5. The first-order valence-corrected chi connectivity index (χ1v) is 12.4. The Morgan fingerprint density at radius 1 is 1.11 bits per heavy atom. The fourth-order valence-electron chi connectivity index (χ4n) is 4.08. The number of carboxylic acids is 1. The van der Waals surface area contributed by atoms with Crippen molar-refractivity contribution in [3.8, 4) is 11.1 Å². The van der Waals surface area contributed by atoms with E-state index in [0.29, 0.717) is 12.2 Å². The molecule has 35 heavy (non-hydrogen) atoms. The maximum absolute atomic E-state index is 12.7. The molecule has 1 aromatic heterocycles. The summed E-state index contributed by atoms with van der Waals surface area (Å²) < 4.78 is 10.5. The molecule has 3 N–H and O–H groups in total. The number of carbonyl (C=O) groups excluding carboxylic acids is 2. The van der Waals surface area contributed by atoms with Crippen LogP contribution < -0.4 is 10.6 Å². The molecule has 0 unspecified atom stereocenters. The van der Waals surface area contributed by atoms with Gasteiger partial charge in [-0.3, -0.25) is 4.79 Å². The first kappa shape index (κ1) is 24.3. The van der Waals surface area contributed by atoms with Gasteiger partial charge in [0.1, 0.15) is 12.6 Å². The third-order valence-electron chi connectivity index (χ3n) is 5.78. The quantitative estimate of drug-likeness (QED) is 0.389. The molecule has 0 spiro atoms. The molecule has 2 amide bonds. The number of rotatable bonds is 10. The van der Waals surface area contributed by atoms with Crippen molar-refractivity contribution in [1.29, 1.82) is 0 Å². The molecule has 1 atom stereocenters. The van der Waals surface area contributed by atoms with Crippen LogP contribution in [-0.4, -0.2) is 52.9 Å². The van der Waals surface area contributed by atoms with Gasteiger partial charge in [0.2, 0.25) is 5.91 Å². The van der Waals surface area contributed by atoms with Gasteiger partial charge in [0.15, 0.2) is 11.5 Å². The largest absolute Gasteiger partial charge is 0.476 e. The average Bonchev–Trinajstić information content (AvgIpc) is 3.47. The first-order valence-electron chi connectivity index (χ1n) is 11.0. The predicted molar refractivity (Wildman–Crippen MR) is 130 cm³/mol. The highest BCUT2D eigenvalue weighted by molar-refractivity contribution is 7.98. The molecule has 3 aromatic rings. The maximum atomic E-state index is 12.7. The molecule has 0 bridgehead atoms. The van der Waals surface area contributed by atoms with Crippen LogP contribution in [0.3, 0.4) is 0 Å². The minimum Gasteiger partial charge on any atom is -0.476 e. The summed E-state index contributed by atoms with van der Waals surface area (Å²) in [7, 11) is 0. The van der Waals surface area contributed by atoms with E-state index >= 15 is 0 Å². The molecule has 182 valence electrons. The minimum absolute atomic E-state index is 0.0543. The van der Waals surface area contributed by atoms with E-state index in [4.69, 9.17) is 14.4 Å². The van der Waals surface area contributed by atoms with Crippen molar-refractivity contribution >= 4 is 29.7 Å². The van der Waals surface area contributed by atoms with Gasteiger partial charge >= 0.3 is 12.1 Å². The molecule has 1 aliphatic carbocycles. The number of alkyl carbamates (subject to hydrolysis) is 1. The number of ether oxygens (including phenoxy) is 1. The monoisotopic (exact) mass is 495 g/mol. The smallest absolute Gasteiger partial charge is 0.407 e. The number of carbonyl (C=O) groups is 3. The molecular formula is C25H25N3O6S. The van der Waals surface area contributed by atoms with Crippen LogP contribution in [0.2, 0.25) is 0 Å². The van der Waals surface area contributed by atoms with Crippen LogP contribution in [0.15, 0.2) is 59.1 Å². The number of aromatic nitrogens is 1. The molecule has 10 heteroatoms. The van der Waals surface area contributed by atoms with Crippen molar-refractivity contribution in [1.82, 2.24) is 15.8 Å². The second-order valence-corrected chi connectivity index (χ2v) is 8.99. The normalized spacial score (nSPS) is 12.9. The second-order valence-electron chi connectivity index (χ2n) is 8.01. The Balaban J connectivity index is 1.36. The molecule has 4 rings (SSSR count). The average molecular weight is 496 g/mol. The zero-order chi connectivity index (χ0) is 24.8. The molecule has 0 saturated carbocycles. The van der Waals surface area contributed by atoms with E-state index in [1.807, 2.05) is 42.7 Å². The number of aromatic carboxylic acids is 1. The zero-order valence-electron chi connectivity index (χ0n) is 19.0. The maximum Gasteiger partial charge on any atom is 0.407 e. The summed E-state index contributed by atoms with van der Waals surface area (Å²) in [6.07, 6.45) is 1.62. The zero-order valence-corrected chi connectivity index (χ0v) is 19.8. The van der Waals surface area contributed by atoms with Gasteiger partial charge in [-0.25, -0.2) is 9.59 Å². The number of nitrogens with zero attached hydrogens (tertiary/aromatic N) is 1. The van der Waals surface area contributed by atoms with Gasteiger partial charge in [-0.2, -0.15) is 11.8 Å². The van der Waals surface area contributed by atoms with Gasteiger partial charge in [0.05, 0.1) is 6.54 Å². The predicted octanol–water partition coefficient (Wildman–Crippen LogP) is 3.65. The Kier molecular flexibility index (Phi) is 7.71. The fraction of sp³-hybridized carbons (Fsp3) is 0.280. The van der Waals surface area contributed by atoms with Crippen molar-refractivity contribution in [3.05, 3.63) is 77.2 Å². The van der Waals surface area contributed by atoms with Crippen LogP contribution in [0, 0.1) is 0 Å². The topological polar surface area (TPSA) is 131 Å². The lowest BCUT2D eigenvalue weighted by molar-refractivity contribution is -0.123. The number of nitrogens with one attached hydrogen (secondary N) is 2. The van der Waals surface area contributed by atoms with Gasteiger partial charge in [-0.15, -0.1) is 0 Å². The van der Waals surface area contributed by atoms with Crippen LogP contribution in [0.4, 0.5) is 4.79 Å². The number of thioether (sulfide) groups is 1. The van der Waals surface area contributed by atoms with Crippen LogP contribution >= 0.6 is 11.8 Å². The van der Waals surface area contributed by atoms with Crippen molar-refractivity contribution in [2.24, 2.45) is 0 Å².